The third-order valence-corrected chi connectivity index (χ3v) is 10.3. The molecule has 0 unspecified atom stereocenters. The molecule has 1 fully saturated rings. The third-order valence-electron chi connectivity index (χ3n) is 7.94. The van der Waals surface area contributed by atoms with Crippen LogP contribution in [0.4, 0.5) is 5.69 Å². The Kier molecular flexibility index (Phi) is 11.5. The smallest absolute Gasteiger partial charge is 0.264 e. The first-order valence-corrected chi connectivity index (χ1v) is 17.0. The number of halogens is 2. The summed E-state index contributed by atoms with van der Waals surface area (Å²) in [6, 6.07) is 19.4. The molecule has 0 aliphatic heterocycles. The number of benzene rings is 3. The van der Waals surface area contributed by atoms with Gasteiger partial charge in [-0.2, -0.15) is 0 Å². The Bertz CT molecular complexity index is 1490. The first kappa shape index (κ1) is 32.8. The summed E-state index contributed by atoms with van der Waals surface area (Å²) >= 11 is 12.6. The van der Waals surface area contributed by atoms with Gasteiger partial charge in [-0.3, -0.25) is 13.9 Å². The number of aryl methyl sites for hydroxylation is 1. The minimum atomic E-state index is -4.12. The normalized spacial score (nSPS) is 14.6. The molecule has 7 nitrogen and oxygen atoms in total. The molecule has 3 aromatic rings. The van der Waals surface area contributed by atoms with E-state index in [4.69, 9.17) is 23.2 Å². The molecular weight excluding hydrogens is 605 g/mol. The van der Waals surface area contributed by atoms with Crippen LogP contribution in [0.1, 0.15) is 63.5 Å². The summed E-state index contributed by atoms with van der Waals surface area (Å²) in [5.74, 6) is -0.770. The summed E-state index contributed by atoms with van der Waals surface area (Å²) in [4.78, 5) is 29.5. The van der Waals surface area contributed by atoms with Crippen LogP contribution in [0.5, 0.6) is 0 Å². The van der Waals surface area contributed by atoms with Crippen molar-refractivity contribution >= 4 is 50.7 Å². The lowest BCUT2D eigenvalue weighted by Crippen LogP contribution is -2.54. The zero-order chi connectivity index (χ0) is 31.0. The van der Waals surface area contributed by atoms with Crippen LogP contribution < -0.4 is 9.62 Å². The van der Waals surface area contributed by atoms with Crippen molar-refractivity contribution in [2.45, 2.75) is 82.3 Å². The molecule has 1 aliphatic carbocycles. The van der Waals surface area contributed by atoms with Gasteiger partial charge >= 0.3 is 0 Å². The number of sulfonamides is 1. The summed E-state index contributed by atoms with van der Waals surface area (Å²) in [6.45, 7) is 3.37. The SMILES string of the molecule is CCc1ccc(N(CC(=O)N(Cc2ccc(Cl)cc2Cl)[C@H](CC)C(=O)NC2CCCCC2)S(=O)(=O)c2ccccc2)cc1. The average Bonchev–Trinajstić information content (AvgIpc) is 3.01. The maximum Gasteiger partial charge on any atom is 0.264 e. The second-order valence-electron chi connectivity index (χ2n) is 10.9. The first-order valence-electron chi connectivity index (χ1n) is 14.8. The average molecular weight is 645 g/mol. The van der Waals surface area contributed by atoms with Crippen molar-refractivity contribution in [2.75, 3.05) is 10.8 Å². The van der Waals surface area contributed by atoms with E-state index in [1.165, 1.54) is 17.0 Å². The van der Waals surface area contributed by atoms with E-state index in [1.807, 2.05) is 26.0 Å². The fourth-order valence-corrected chi connectivity index (χ4v) is 7.35. The first-order chi connectivity index (χ1) is 20.6. The molecule has 1 atom stereocenters. The maximum atomic E-state index is 14.3. The standard InChI is InChI=1S/C33H39Cl2N3O4S/c1-3-24-15-19-28(20-16-24)38(43(41,42)29-13-9-6-10-14-29)23-32(39)37(22-25-17-18-26(34)21-30(25)35)31(4-2)33(40)36-27-11-7-5-8-12-27/h6,9-10,13-21,27,31H,3-5,7-8,11-12,22-23H2,1-2H3,(H,36,40)/t31-/m1/s1. The second kappa shape index (κ2) is 15.1. The molecule has 0 bridgehead atoms. The lowest BCUT2D eigenvalue weighted by molar-refractivity contribution is -0.140. The molecule has 1 aliphatic rings. The highest BCUT2D eigenvalue weighted by Crippen LogP contribution is 2.27. The van der Waals surface area contributed by atoms with Gasteiger partial charge in [0, 0.05) is 22.6 Å². The van der Waals surface area contributed by atoms with Gasteiger partial charge in [0.1, 0.15) is 12.6 Å². The zero-order valence-electron chi connectivity index (χ0n) is 24.6. The fraction of sp³-hybridized carbons (Fsp3) is 0.394. The van der Waals surface area contributed by atoms with Gasteiger partial charge in [0.2, 0.25) is 11.8 Å². The van der Waals surface area contributed by atoms with Crippen molar-refractivity contribution < 1.29 is 18.0 Å². The molecule has 1 saturated carbocycles. The van der Waals surface area contributed by atoms with Crippen molar-refractivity contribution in [1.29, 1.82) is 0 Å². The van der Waals surface area contributed by atoms with E-state index in [9.17, 15) is 18.0 Å². The lowest BCUT2D eigenvalue weighted by Gasteiger charge is -2.34. The quantitative estimate of drug-likeness (QED) is 0.230. The second-order valence-corrected chi connectivity index (χ2v) is 13.6. The van der Waals surface area contributed by atoms with E-state index < -0.39 is 28.5 Å². The number of hydrogen-bond acceptors (Lipinski definition) is 4. The molecule has 0 aromatic heterocycles. The van der Waals surface area contributed by atoms with E-state index in [1.54, 1.807) is 48.5 Å². The summed E-state index contributed by atoms with van der Waals surface area (Å²) in [6.07, 6.45) is 6.17. The Morgan fingerprint density at radius 2 is 1.60 bits per heavy atom. The molecule has 4 rings (SSSR count). The predicted octanol–water partition coefficient (Wildman–Crippen LogP) is 7.01. The molecule has 0 spiro atoms. The Morgan fingerprint density at radius 3 is 2.21 bits per heavy atom. The van der Waals surface area contributed by atoms with Crippen molar-refractivity contribution in [1.82, 2.24) is 10.2 Å². The van der Waals surface area contributed by atoms with Crippen molar-refractivity contribution in [3.8, 4) is 0 Å². The van der Waals surface area contributed by atoms with Crippen LogP contribution in [0.25, 0.3) is 0 Å². The monoisotopic (exact) mass is 643 g/mol. The maximum absolute atomic E-state index is 14.3. The highest BCUT2D eigenvalue weighted by Gasteiger charge is 2.34. The van der Waals surface area contributed by atoms with E-state index in [-0.39, 0.29) is 23.4 Å². The summed E-state index contributed by atoms with van der Waals surface area (Å²) in [5, 5.41) is 3.96. The summed E-state index contributed by atoms with van der Waals surface area (Å²) in [5.41, 5.74) is 2.00. The topological polar surface area (TPSA) is 86.8 Å². The summed E-state index contributed by atoms with van der Waals surface area (Å²) < 4.78 is 29.1. The van der Waals surface area contributed by atoms with Crippen LogP contribution in [0, 0.1) is 0 Å². The van der Waals surface area contributed by atoms with Gasteiger partial charge in [-0.1, -0.05) is 92.7 Å². The molecule has 43 heavy (non-hydrogen) atoms. The summed E-state index contributed by atoms with van der Waals surface area (Å²) in [7, 11) is -4.12. The van der Waals surface area contributed by atoms with Crippen LogP contribution in [0.2, 0.25) is 10.0 Å². The van der Waals surface area contributed by atoms with Gasteiger partial charge in [-0.05, 0) is 73.2 Å². The Balaban J connectivity index is 1.72. The molecule has 0 heterocycles. The molecule has 0 radical (unpaired) electrons. The van der Waals surface area contributed by atoms with Crippen LogP contribution in [-0.2, 0) is 32.6 Å². The largest absolute Gasteiger partial charge is 0.352 e. The predicted molar refractivity (Wildman–Crippen MR) is 173 cm³/mol. The van der Waals surface area contributed by atoms with Crippen LogP contribution in [0.15, 0.2) is 77.7 Å². The van der Waals surface area contributed by atoms with Crippen molar-refractivity contribution in [3.63, 3.8) is 0 Å². The van der Waals surface area contributed by atoms with E-state index in [2.05, 4.69) is 5.32 Å². The van der Waals surface area contributed by atoms with E-state index in [0.29, 0.717) is 27.7 Å². The van der Waals surface area contributed by atoms with Gasteiger partial charge in [0.05, 0.1) is 10.6 Å². The molecule has 10 heteroatoms. The number of anilines is 1. The number of nitrogens with one attached hydrogen (secondary N) is 1. The minimum absolute atomic E-state index is 0.0133. The molecule has 0 saturated heterocycles. The number of hydrogen-bond donors (Lipinski definition) is 1. The molecule has 2 amide bonds. The minimum Gasteiger partial charge on any atom is -0.352 e. The third kappa shape index (κ3) is 8.31. The molecule has 3 aromatic carbocycles. The Labute approximate surface area is 265 Å². The van der Waals surface area contributed by atoms with Crippen molar-refractivity contribution in [2.24, 2.45) is 0 Å². The van der Waals surface area contributed by atoms with Gasteiger partial charge in [0.25, 0.3) is 10.0 Å². The van der Waals surface area contributed by atoms with Crippen LogP contribution >= 0.6 is 23.2 Å². The van der Waals surface area contributed by atoms with Crippen LogP contribution in [0.3, 0.4) is 0 Å². The lowest BCUT2D eigenvalue weighted by atomic mass is 9.95. The van der Waals surface area contributed by atoms with Crippen molar-refractivity contribution in [3.05, 3.63) is 94.0 Å². The highest BCUT2D eigenvalue weighted by atomic mass is 35.5. The molecule has 1 N–H and O–H groups in total. The van der Waals surface area contributed by atoms with E-state index >= 15 is 0 Å². The molecule has 230 valence electrons. The Hall–Kier alpha value is -3.07. The van der Waals surface area contributed by atoms with Crippen LogP contribution in [-0.4, -0.2) is 43.8 Å². The molecular formula is C33H39Cl2N3O4S. The fourth-order valence-electron chi connectivity index (χ4n) is 5.44. The number of amides is 2. The van der Waals surface area contributed by atoms with Gasteiger partial charge < -0.3 is 10.2 Å². The van der Waals surface area contributed by atoms with Gasteiger partial charge in [0.15, 0.2) is 0 Å². The number of rotatable bonds is 12. The number of nitrogens with zero attached hydrogens (tertiary/aromatic N) is 2. The number of carbonyl (C=O) groups excluding carboxylic acids is 2. The van der Waals surface area contributed by atoms with E-state index in [0.717, 1.165) is 48.4 Å². The zero-order valence-corrected chi connectivity index (χ0v) is 27.0. The highest BCUT2D eigenvalue weighted by molar-refractivity contribution is 7.92. The number of carbonyl (C=O) groups is 2. The van der Waals surface area contributed by atoms with Gasteiger partial charge in [-0.15, -0.1) is 0 Å². The Morgan fingerprint density at radius 1 is 0.930 bits per heavy atom. The van der Waals surface area contributed by atoms with Gasteiger partial charge in [-0.25, -0.2) is 8.42 Å².